The van der Waals surface area contributed by atoms with Gasteiger partial charge in [-0.05, 0) is 12.1 Å². The van der Waals surface area contributed by atoms with Gasteiger partial charge in [0.05, 0.1) is 19.8 Å². The molecule has 0 aliphatic rings. The number of alkyl halides is 3. The van der Waals surface area contributed by atoms with Crippen molar-refractivity contribution in [3.63, 3.8) is 0 Å². The zero-order valence-electron chi connectivity index (χ0n) is 10.4. The van der Waals surface area contributed by atoms with Gasteiger partial charge in [-0.25, -0.2) is 17.6 Å². The summed E-state index contributed by atoms with van der Waals surface area (Å²) in [4.78, 5) is 0. The van der Waals surface area contributed by atoms with Gasteiger partial charge in [-0.2, -0.15) is 8.78 Å². The van der Waals surface area contributed by atoms with Crippen molar-refractivity contribution in [1.82, 2.24) is 0 Å². The summed E-state index contributed by atoms with van der Waals surface area (Å²) in [7, 11) is 2.02. The summed E-state index contributed by atoms with van der Waals surface area (Å²) < 4.78 is 85.2. The first-order valence-electron chi connectivity index (χ1n) is 5.22. The fourth-order valence-electron chi connectivity index (χ4n) is 1.55. The van der Waals surface area contributed by atoms with Crippen LogP contribution in [0.25, 0.3) is 5.83 Å². The van der Waals surface area contributed by atoms with Crippen LogP contribution in [0.2, 0.25) is 0 Å². The number of rotatable bonds is 5. The molecule has 0 aromatic heterocycles. The summed E-state index contributed by atoms with van der Waals surface area (Å²) >= 11 is 0. The standard InChI is InChI=1S/C12H10F6O2/c1-19-7-3-6(10(14)12(17)18)8(20-2)4-5(7)9(13)11(15)16/h3-4,9,11H,1-2H3. The predicted octanol–water partition coefficient (Wildman–Crippen LogP) is 4.51. The highest BCUT2D eigenvalue weighted by Crippen LogP contribution is 2.40. The first-order valence-corrected chi connectivity index (χ1v) is 5.22. The van der Waals surface area contributed by atoms with E-state index in [1.54, 1.807) is 0 Å². The topological polar surface area (TPSA) is 18.5 Å². The van der Waals surface area contributed by atoms with Crippen LogP contribution in [0.3, 0.4) is 0 Å². The monoisotopic (exact) mass is 300 g/mol. The molecule has 0 N–H and O–H groups in total. The van der Waals surface area contributed by atoms with Crippen LogP contribution in [0, 0.1) is 0 Å². The summed E-state index contributed by atoms with van der Waals surface area (Å²) in [6.45, 7) is 0. The Morgan fingerprint density at radius 3 is 1.90 bits per heavy atom. The second kappa shape index (κ2) is 6.53. The molecule has 0 aliphatic carbocycles. The highest BCUT2D eigenvalue weighted by Gasteiger charge is 2.28. The summed E-state index contributed by atoms with van der Waals surface area (Å²) in [6, 6.07) is 1.38. The van der Waals surface area contributed by atoms with E-state index in [4.69, 9.17) is 0 Å². The van der Waals surface area contributed by atoms with Gasteiger partial charge in [0, 0.05) is 5.56 Å². The number of hydrogen-bond acceptors (Lipinski definition) is 2. The summed E-state index contributed by atoms with van der Waals surface area (Å²) in [6.07, 6.45) is -8.68. The van der Waals surface area contributed by atoms with Crippen LogP contribution in [0.4, 0.5) is 26.3 Å². The Labute approximate surface area is 110 Å². The first kappa shape index (κ1) is 16.2. The SMILES string of the molecule is COc1cc(C(F)C(F)F)c(OC)cc1C(F)=C(F)F. The molecule has 1 aromatic carbocycles. The second-order valence-electron chi connectivity index (χ2n) is 3.61. The first-order chi connectivity index (χ1) is 9.33. The lowest BCUT2D eigenvalue weighted by Crippen LogP contribution is -2.06. The Balaban J connectivity index is 3.50. The molecule has 1 atom stereocenters. The highest BCUT2D eigenvalue weighted by atomic mass is 19.3. The number of halogens is 6. The van der Waals surface area contributed by atoms with Crippen molar-refractivity contribution in [2.45, 2.75) is 12.6 Å². The Kier molecular flexibility index (Phi) is 5.29. The molecule has 1 rings (SSSR count). The van der Waals surface area contributed by atoms with E-state index >= 15 is 0 Å². The minimum absolute atomic E-state index is 0.481. The molecule has 8 heteroatoms. The normalized spacial score (nSPS) is 12.2. The molecular weight excluding hydrogens is 290 g/mol. The van der Waals surface area contributed by atoms with Crippen molar-refractivity contribution in [2.75, 3.05) is 14.2 Å². The van der Waals surface area contributed by atoms with E-state index in [0.717, 1.165) is 14.2 Å². The number of methoxy groups -OCH3 is 2. The third kappa shape index (κ3) is 3.17. The third-order valence-electron chi connectivity index (χ3n) is 2.47. The molecule has 0 bridgehead atoms. The maximum Gasteiger partial charge on any atom is 0.306 e. The average Bonchev–Trinajstić information content (AvgIpc) is 2.43. The molecule has 0 radical (unpaired) electrons. The van der Waals surface area contributed by atoms with Crippen molar-refractivity contribution in [3.05, 3.63) is 29.3 Å². The molecule has 1 unspecified atom stereocenters. The van der Waals surface area contributed by atoms with Crippen molar-refractivity contribution in [3.8, 4) is 11.5 Å². The van der Waals surface area contributed by atoms with Gasteiger partial charge in [0.25, 0.3) is 6.43 Å². The Hall–Kier alpha value is -1.86. The molecule has 0 spiro atoms. The second-order valence-corrected chi connectivity index (χ2v) is 3.61. The van der Waals surface area contributed by atoms with Crippen LogP contribution in [0.15, 0.2) is 18.2 Å². The van der Waals surface area contributed by atoms with Gasteiger partial charge in [-0.15, -0.1) is 0 Å². The summed E-state index contributed by atoms with van der Waals surface area (Å²) in [5.74, 6) is -2.89. The largest absolute Gasteiger partial charge is 0.496 e. The molecule has 0 heterocycles. The van der Waals surface area contributed by atoms with Crippen LogP contribution in [-0.4, -0.2) is 20.6 Å². The Morgan fingerprint density at radius 2 is 1.50 bits per heavy atom. The number of benzene rings is 1. The molecule has 0 saturated heterocycles. The van der Waals surface area contributed by atoms with Gasteiger partial charge in [-0.3, -0.25) is 0 Å². The van der Waals surface area contributed by atoms with Crippen molar-refractivity contribution in [2.24, 2.45) is 0 Å². The minimum atomic E-state index is -3.35. The maximum atomic E-state index is 13.4. The lowest BCUT2D eigenvalue weighted by atomic mass is 10.0. The van der Waals surface area contributed by atoms with Gasteiger partial charge in [0.1, 0.15) is 11.5 Å². The smallest absolute Gasteiger partial charge is 0.306 e. The van der Waals surface area contributed by atoms with Gasteiger partial charge in [0.15, 0.2) is 12.0 Å². The molecule has 112 valence electrons. The van der Waals surface area contributed by atoms with Gasteiger partial charge in [-0.1, -0.05) is 0 Å². The van der Waals surface area contributed by atoms with Crippen molar-refractivity contribution < 1.29 is 35.8 Å². The van der Waals surface area contributed by atoms with E-state index in [9.17, 15) is 26.3 Å². The quantitative estimate of drug-likeness (QED) is 0.745. The van der Waals surface area contributed by atoms with E-state index < -0.39 is 47.1 Å². The maximum absolute atomic E-state index is 13.4. The van der Waals surface area contributed by atoms with Crippen LogP contribution in [0.5, 0.6) is 11.5 Å². The molecule has 0 saturated carbocycles. The lowest BCUT2D eigenvalue weighted by Gasteiger charge is -2.16. The summed E-state index contributed by atoms with van der Waals surface area (Å²) in [5, 5.41) is 0. The number of hydrogen-bond donors (Lipinski definition) is 0. The molecule has 0 fully saturated rings. The molecule has 1 aromatic rings. The fraction of sp³-hybridized carbons (Fsp3) is 0.333. The Morgan fingerprint density at radius 1 is 0.950 bits per heavy atom. The van der Waals surface area contributed by atoms with E-state index in [1.165, 1.54) is 0 Å². The minimum Gasteiger partial charge on any atom is -0.496 e. The Bertz CT molecular complexity index is 511. The van der Waals surface area contributed by atoms with Crippen molar-refractivity contribution >= 4 is 5.83 Å². The fourth-order valence-corrected chi connectivity index (χ4v) is 1.55. The molecule has 0 amide bonds. The summed E-state index contributed by atoms with van der Waals surface area (Å²) in [5.41, 5.74) is -1.33. The molecule has 20 heavy (non-hydrogen) atoms. The van der Waals surface area contributed by atoms with Gasteiger partial charge in [0.2, 0.25) is 0 Å². The number of ether oxygens (including phenoxy) is 2. The zero-order chi connectivity index (χ0) is 15.4. The zero-order valence-corrected chi connectivity index (χ0v) is 10.4. The van der Waals surface area contributed by atoms with Crippen LogP contribution in [0.1, 0.15) is 17.3 Å². The average molecular weight is 300 g/mol. The van der Waals surface area contributed by atoms with E-state index in [0.29, 0.717) is 12.1 Å². The van der Waals surface area contributed by atoms with Gasteiger partial charge < -0.3 is 9.47 Å². The molecule has 0 aliphatic heterocycles. The van der Waals surface area contributed by atoms with Crippen LogP contribution in [-0.2, 0) is 0 Å². The van der Waals surface area contributed by atoms with E-state index in [-0.39, 0.29) is 0 Å². The highest BCUT2D eigenvalue weighted by molar-refractivity contribution is 5.68. The van der Waals surface area contributed by atoms with E-state index in [2.05, 4.69) is 9.47 Å². The van der Waals surface area contributed by atoms with Gasteiger partial charge >= 0.3 is 6.08 Å². The molecular formula is C12H10F6O2. The van der Waals surface area contributed by atoms with Crippen LogP contribution >= 0.6 is 0 Å². The lowest BCUT2D eigenvalue weighted by molar-refractivity contribution is 0.0481. The third-order valence-corrected chi connectivity index (χ3v) is 2.47. The van der Waals surface area contributed by atoms with Crippen LogP contribution < -0.4 is 9.47 Å². The van der Waals surface area contributed by atoms with E-state index in [1.807, 2.05) is 0 Å². The predicted molar refractivity (Wildman–Crippen MR) is 59.6 cm³/mol. The van der Waals surface area contributed by atoms with Crippen molar-refractivity contribution in [1.29, 1.82) is 0 Å². The molecule has 2 nitrogen and oxygen atoms in total.